The second-order valence-corrected chi connectivity index (χ2v) is 7.10. The number of hydrogen-bond acceptors (Lipinski definition) is 3. The minimum Gasteiger partial charge on any atom is -0.492 e. The Bertz CT molecular complexity index is 719. The molecule has 0 radical (unpaired) electrons. The third-order valence-electron chi connectivity index (χ3n) is 3.94. The minimum atomic E-state index is 0.141. The topological polar surface area (TPSA) is 68.9 Å². The lowest BCUT2D eigenvalue weighted by Gasteiger charge is -2.19. The molecule has 2 aromatic carbocycles. The van der Waals surface area contributed by atoms with Crippen molar-refractivity contribution in [2.24, 2.45) is 10.7 Å². The van der Waals surface area contributed by atoms with Crippen molar-refractivity contribution < 1.29 is 9.47 Å². The van der Waals surface area contributed by atoms with Crippen LogP contribution in [0.4, 0.5) is 5.69 Å². The first kappa shape index (κ1) is 19.8. The van der Waals surface area contributed by atoms with Crippen LogP contribution in [0.25, 0.3) is 0 Å². The number of aliphatic imine (C=N–C) groups is 1. The fourth-order valence-electron chi connectivity index (χ4n) is 2.48. The normalized spacial score (nSPS) is 12.1. The van der Waals surface area contributed by atoms with Crippen LogP contribution in [0.3, 0.4) is 0 Å². The Morgan fingerprint density at radius 3 is 2.42 bits per heavy atom. The van der Waals surface area contributed by atoms with Crippen molar-refractivity contribution in [3.8, 4) is 5.75 Å². The van der Waals surface area contributed by atoms with Gasteiger partial charge in [0.1, 0.15) is 12.4 Å². The summed E-state index contributed by atoms with van der Waals surface area (Å²) in [7, 11) is 1.67. The van der Waals surface area contributed by atoms with E-state index >= 15 is 0 Å². The van der Waals surface area contributed by atoms with Crippen molar-refractivity contribution in [3.63, 3.8) is 0 Å². The average molecular weight is 355 g/mol. The van der Waals surface area contributed by atoms with Gasteiger partial charge in [-0.2, -0.15) is 0 Å². The van der Waals surface area contributed by atoms with Gasteiger partial charge in [0.15, 0.2) is 5.96 Å². The van der Waals surface area contributed by atoms with E-state index in [4.69, 9.17) is 15.2 Å². The largest absolute Gasteiger partial charge is 0.492 e. The first-order valence-electron chi connectivity index (χ1n) is 8.77. The van der Waals surface area contributed by atoms with E-state index in [-0.39, 0.29) is 5.41 Å². The molecular formula is C21H29N3O2. The van der Waals surface area contributed by atoms with E-state index in [9.17, 15) is 0 Å². The molecule has 0 unspecified atom stereocenters. The van der Waals surface area contributed by atoms with Crippen molar-refractivity contribution in [2.75, 3.05) is 25.6 Å². The van der Waals surface area contributed by atoms with Gasteiger partial charge >= 0.3 is 0 Å². The lowest BCUT2D eigenvalue weighted by molar-refractivity contribution is 0.185. The minimum absolute atomic E-state index is 0.141. The molecule has 26 heavy (non-hydrogen) atoms. The van der Waals surface area contributed by atoms with Crippen molar-refractivity contribution in [2.45, 2.75) is 32.8 Å². The summed E-state index contributed by atoms with van der Waals surface area (Å²) in [4.78, 5) is 4.31. The maximum absolute atomic E-state index is 5.96. The zero-order valence-electron chi connectivity index (χ0n) is 16.1. The fraction of sp³-hybridized carbons (Fsp3) is 0.381. The Morgan fingerprint density at radius 2 is 1.77 bits per heavy atom. The van der Waals surface area contributed by atoms with E-state index in [2.05, 4.69) is 43.2 Å². The smallest absolute Gasteiger partial charge is 0.193 e. The summed E-state index contributed by atoms with van der Waals surface area (Å²) < 4.78 is 10.9. The number of benzene rings is 2. The van der Waals surface area contributed by atoms with E-state index in [1.165, 1.54) is 5.56 Å². The summed E-state index contributed by atoms with van der Waals surface area (Å²) in [6.45, 7) is 8.04. The van der Waals surface area contributed by atoms with Gasteiger partial charge in [0, 0.05) is 18.4 Å². The summed E-state index contributed by atoms with van der Waals surface area (Å²) in [6, 6.07) is 16.0. The second-order valence-electron chi connectivity index (χ2n) is 7.10. The highest BCUT2D eigenvalue weighted by molar-refractivity contribution is 5.92. The molecule has 0 spiro atoms. The molecule has 0 aliphatic heterocycles. The number of nitrogens with one attached hydrogen (secondary N) is 1. The summed E-state index contributed by atoms with van der Waals surface area (Å²) in [5, 5.41) is 3.11. The van der Waals surface area contributed by atoms with Crippen LogP contribution in [0.15, 0.2) is 53.5 Å². The van der Waals surface area contributed by atoms with Gasteiger partial charge in [-0.05, 0) is 29.2 Å². The van der Waals surface area contributed by atoms with E-state index in [1.54, 1.807) is 7.11 Å². The summed E-state index contributed by atoms with van der Waals surface area (Å²) in [6.07, 6.45) is 0. The van der Waals surface area contributed by atoms with Gasteiger partial charge in [-0.1, -0.05) is 51.1 Å². The molecule has 2 aromatic rings. The molecule has 0 fully saturated rings. The molecule has 0 heterocycles. The van der Waals surface area contributed by atoms with Gasteiger partial charge < -0.3 is 20.5 Å². The van der Waals surface area contributed by atoms with Crippen molar-refractivity contribution in [1.29, 1.82) is 0 Å². The highest BCUT2D eigenvalue weighted by Gasteiger charge is 2.12. The molecule has 0 bridgehead atoms. The van der Waals surface area contributed by atoms with Crippen LogP contribution in [0.2, 0.25) is 0 Å². The first-order chi connectivity index (χ1) is 12.4. The Morgan fingerprint density at radius 1 is 1.08 bits per heavy atom. The number of nitrogens with two attached hydrogens (primary N) is 1. The molecule has 0 aromatic heterocycles. The van der Waals surface area contributed by atoms with Crippen LogP contribution < -0.4 is 15.8 Å². The number of nitrogens with zero attached hydrogens (tertiary/aromatic N) is 1. The van der Waals surface area contributed by atoms with Gasteiger partial charge in [-0.3, -0.25) is 0 Å². The van der Waals surface area contributed by atoms with Gasteiger partial charge in [0.2, 0.25) is 0 Å². The maximum atomic E-state index is 5.96. The average Bonchev–Trinajstić information content (AvgIpc) is 2.60. The molecule has 0 amide bonds. The maximum Gasteiger partial charge on any atom is 0.193 e. The summed E-state index contributed by atoms with van der Waals surface area (Å²) in [5.41, 5.74) is 9.31. The number of guanidine groups is 1. The number of hydrogen-bond donors (Lipinski definition) is 2. The number of ether oxygens (including phenoxy) is 2. The van der Waals surface area contributed by atoms with Gasteiger partial charge in [-0.15, -0.1) is 0 Å². The third-order valence-corrected chi connectivity index (χ3v) is 3.94. The van der Waals surface area contributed by atoms with Crippen molar-refractivity contribution in [1.82, 2.24) is 0 Å². The van der Waals surface area contributed by atoms with E-state index in [1.807, 2.05) is 36.4 Å². The van der Waals surface area contributed by atoms with E-state index < -0.39 is 0 Å². The van der Waals surface area contributed by atoms with Crippen LogP contribution in [0.1, 0.15) is 31.9 Å². The number of rotatable bonds is 7. The quantitative estimate of drug-likeness (QED) is 0.448. The zero-order chi connectivity index (χ0) is 19.0. The van der Waals surface area contributed by atoms with E-state index in [0.717, 1.165) is 17.0 Å². The van der Waals surface area contributed by atoms with Gasteiger partial charge in [0.05, 0.1) is 13.2 Å². The van der Waals surface area contributed by atoms with Crippen molar-refractivity contribution >= 4 is 11.6 Å². The van der Waals surface area contributed by atoms with Crippen LogP contribution >= 0.6 is 0 Å². The van der Waals surface area contributed by atoms with Crippen LogP contribution in [-0.4, -0.2) is 26.2 Å². The molecular weight excluding hydrogens is 326 g/mol. The van der Waals surface area contributed by atoms with E-state index in [0.29, 0.717) is 25.7 Å². The molecule has 0 aliphatic rings. The Labute approximate surface area is 156 Å². The monoisotopic (exact) mass is 355 g/mol. The predicted octanol–water partition coefficient (Wildman–Crippen LogP) is 3.94. The molecule has 5 heteroatoms. The van der Waals surface area contributed by atoms with Gasteiger partial charge in [0.25, 0.3) is 0 Å². The Kier molecular flexibility index (Phi) is 7.04. The van der Waals surface area contributed by atoms with Crippen LogP contribution in [-0.2, 0) is 16.8 Å². The highest BCUT2D eigenvalue weighted by atomic mass is 16.5. The number of anilines is 1. The molecule has 3 N–H and O–H groups in total. The Balaban J connectivity index is 1.83. The standard InChI is InChI=1S/C21H29N3O2/c1-21(2,3)17-9-11-18(12-10-17)26-14-13-23-20(22)24-19-8-6-5-7-16(19)15-25-4/h5-12H,13-15H2,1-4H3,(H3,22,23,24). The molecule has 5 nitrogen and oxygen atoms in total. The van der Waals surface area contributed by atoms with Crippen LogP contribution in [0, 0.1) is 0 Å². The molecule has 0 saturated heterocycles. The lowest BCUT2D eigenvalue weighted by atomic mass is 9.87. The Hall–Kier alpha value is -2.53. The van der Waals surface area contributed by atoms with Crippen molar-refractivity contribution in [3.05, 3.63) is 59.7 Å². The zero-order valence-corrected chi connectivity index (χ0v) is 16.1. The fourth-order valence-corrected chi connectivity index (χ4v) is 2.48. The molecule has 0 aliphatic carbocycles. The first-order valence-corrected chi connectivity index (χ1v) is 8.77. The van der Waals surface area contributed by atoms with Crippen LogP contribution in [0.5, 0.6) is 5.75 Å². The third kappa shape index (κ3) is 6.08. The lowest BCUT2D eigenvalue weighted by Crippen LogP contribution is -2.24. The molecule has 140 valence electrons. The van der Waals surface area contributed by atoms with Gasteiger partial charge in [-0.25, -0.2) is 4.99 Å². The molecule has 2 rings (SSSR count). The number of methoxy groups -OCH3 is 1. The summed E-state index contributed by atoms with van der Waals surface area (Å²) in [5.74, 6) is 1.20. The molecule has 0 saturated carbocycles. The summed E-state index contributed by atoms with van der Waals surface area (Å²) >= 11 is 0. The number of para-hydroxylation sites is 1. The highest BCUT2D eigenvalue weighted by Crippen LogP contribution is 2.24. The predicted molar refractivity (Wildman–Crippen MR) is 108 cm³/mol. The SMILES string of the molecule is COCc1ccccc1NC(N)=NCCOc1ccc(C(C)(C)C)cc1. The molecule has 0 atom stereocenters. The second kappa shape index (κ2) is 9.25.